The van der Waals surface area contributed by atoms with Crippen molar-refractivity contribution >= 4 is 40.1 Å². The van der Waals surface area contributed by atoms with Gasteiger partial charge in [0, 0.05) is 16.2 Å². The fourth-order valence-electron chi connectivity index (χ4n) is 1.60. The lowest BCUT2D eigenvalue weighted by molar-refractivity contribution is -0.111. The van der Waals surface area contributed by atoms with Gasteiger partial charge in [-0.25, -0.2) is 0 Å². The van der Waals surface area contributed by atoms with Crippen molar-refractivity contribution in [3.63, 3.8) is 0 Å². The summed E-state index contributed by atoms with van der Waals surface area (Å²) in [6.45, 7) is 6.02. The van der Waals surface area contributed by atoms with Gasteiger partial charge in [0.05, 0.1) is 0 Å². The second kappa shape index (κ2) is 6.83. The molecular weight excluding hydrogens is 287 g/mol. The molecule has 18 heavy (non-hydrogen) atoms. The van der Waals surface area contributed by atoms with E-state index in [0.29, 0.717) is 5.02 Å². The molecule has 0 fully saturated rings. The predicted molar refractivity (Wildman–Crippen MR) is 81.9 cm³/mol. The van der Waals surface area contributed by atoms with E-state index in [9.17, 15) is 4.79 Å². The average molecular weight is 305 g/mol. The summed E-state index contributed by atoms with van der Waals surface area (Å²) >= 11 is 13.5. The Balaban J connectivity index is 2.84. The number of alkyl halides is 1. The Kier molecular flexibility index (Phi) is 6.03. The van der Waals surface area contributed by atoms with Gasteiger partial charge in [-0.05, 0) is 24.1 Å². The molecule has 1 aromatic rings. The minimum absolute atomic E-state index is 0.0402. The number of thioether (sulfide) groups is 1. The van der Waals surface area contributed by atoms with Crippen LogP contribution in [0.15, 0.2) is 24.3 Å². The van der Waals surface area contributed by atoms with Gasteiger partial charge in [0.15, 0.2) is 0 Å². The molecule has 0 saturated heterocycles. The van der Waals surface area contributed by atoms with Crippen molar-refractivity contribution in [2.45, 2.75) is 38.0 Å². The molecule has 0 heterocycles. The molecule has 1 rings (SSSR count). The van der Waals surface area contributed by atoms with E-state index < -0.39 is 10.8 Å². The van der Waals surface area contributed by atoms with Crippen LogP contribution in [0.5, 0.6) is 0 Å². The van der Waals surface area contributed by atoms with E-state index in [2.05, 4.69) is 0 Å². The standard InChI is InChI=1S/C14H18Cl2OS/c1-4-9-18-13(17)12(16)14(2,3)10-5-7-11(15)8-6-10/h5-8,12H,4,9H2,1-3H3. The summed E-state index contributed by atoms with van der Waals surface area (Å²) in [6.07, 6.45) is 0.974. The van der Waals surface area contributed by atoms with Crippen LogP contribution in [0, 0.1) is 0 Å². The molecule has 0 spiro atoms. The lowest BCUT2D eigenvalue weighted by Gasteiger charge is -2.29. The monoisotopic (exact) mass is 304 g/mol. The molecular formula is C14H18Cl2OS. The Morgan fingerprint density at radius 3 is 2.39 bits per heavy atom. The first-order valence-corrected chi connectivity index (χ1v) is 7.76. The van der Waals surface area contributed by atoms with Gasteiger partial charge in [-0.2, -0.15) is 0 Å². The third-order valence-electron chi connectivity index (χ3n) is 2.88. The van der Waals surface area contributed by atoms with Crippen LogP contribution in [0.1, 0.15) is 32.8 Å². The van der Waals surface area contributed by atoms with Crippen molar-refractivity contribution in [1.82, 2.24) is 0 Å². The highest BCUT2D eigenvalue weighted by atomic mass is 35.5. The highest BCUT2D eigenvalue weighted by Gasteiger charge is 2.35. The summed E-state index contributed by atoms with van der Waals surface area (Å²) in [7, 11) is 0. The Labute approximate surface area is 123 Å². The van der Waals surface area contributed by atoms with Gasteiger partial charge in [0.25, 0.3) is 0 Å². The number of carbonyl (C=O) groups excluding carboxylic acids is 1. The first-order valence-electron chi connectivity index (χ1n) is 5.96. The third-order valence-corrected chi connectivity index (χ3v) is 5.13. The quantitative estimate of drug-likeness (QED) is 0.720. The van der Waals surface area contributed by atoms with E-state index in [4.69, 9.17) is 23.2 Å². The SMILES string of the molecule is CCCSC(=O)C(Cl)C(C)(C)c1ccc(Cl)cc1. The Morgan fingerprint density at radius 2 is 1.89 bits per heavy atom. The molecule has 100 valence electrons. The van der Waals surface area contributed by atoms with Gasteiger partial charge in [-0.1, -0.05) is 56.3 Å². The molecule has 1 atom stereocenters. The maximum Gasteiger partial charge on any atom is 0.207 e. The second-order valence-corrected chi connectivity index (χ2v) is 6.73. The van der Waals surface area contributed by atoms with Crippen LogP contribution < -0.4 is 0 Å². The van der Waals surface area contributed by atoms with Gasteiger partial charge in [-0.3, -0.25) is 4.79 Å². The van der Waals surface area contributed by atoms with Crippen LogP contribution >= 0.6 is 35.0 Å². The van der Waals surface area contributed by atoms with Crippen LogP contribution in [0.2, 0.25) is 5.02 Å². The number of rotatable bonds is 5. The van der Waals surface area contributed by atoms with Crippen molar-refractivity contribution in [3.05, 3.63) is 34.9 Å². The zero-order valence-electron chi connectivity index (χ0n) is 10.9. The highest BCUT2D eigenvalue weighted by Crippen LogP contribution is 2.34. The smallest absolute Gasteiger partial charge is 0.207 e. The molecule has 1 nitrogen and oxygen atoms in total. The minimum atomic E-state index is -0.532. The molecule has 0 saturated carbocycles. The van der Waals surface area contributed by atoms with Crippen molar-refractivity contribution in [1.29, 1.82) is 0 Å². The topological polar surface area (TPSA) is 17.1 Å². The van der Waals surface area contributed by atoms with E-state index in [1.54, 1.807) is 0 Å². The van der Waals surface area contributed by atoms with Crippen molar-refractivity contribution in [2.24, 2.45) is 0 Å². The summed E-state index contributed by atoms with van der Waals surface area (Å²) in [4.78, 5) is 12.0. The molecule has 0 bridgehead atoms. The molecule has 0 N–H and O–H groups in total. The normalized spacial score (nSPS) is 13.4. The average Bonchev–Trinajstić information content (AvgIpc) is 2.35. The van der Waals surface area contributed by atoms with E-state index in [1.807, 2.05) is 45.0 Å². The van der Waals surface area contributed by atoms with Gasteiger partial charge in [-0.15, -0.1) is 11.6 Å². The molecule has 0 radical (unpaired) electrons. The lowest BCUT2D eigenvalue weighted by atomic mass is 9.81. The number of hydrogen-bond donors (Lipinski definition) is 0. The van der Waals surface area contributed by atoms with E-state index >= 15 is 0 Å². The third kappa shape index (κ3) is 3.91. The van der Waals surface area contributed by atoms with E-state index in [-0.39, 0.29) is 5.12 Å². The Morgan fingerprint density at radius 1 is 1.33 bits per heavy atom. The number of benzene rings is 1. The van der Waals surface area contributed by atoms with Gasteiger partial charge >= 0.3 is 0 Å². The maximum absolute atomic E-state index is 12.0. The number of hydrogen-bond acceptors (Lipinski definition) is 2. The Hall–Kier alpha value is -0.180. The molecule has 0 amide bonds. The zero-order valence-corrected chi connectivity index (χ0v) is 13.2. The molecule has 0 aliphatic carbocycles. The van der Waals surface area contributed by atoms with Crippen LogP contribution in [-0.2, 0) is 10.2 Å². The zero-order chi connectivity index (χ0) is 13.8. The predicted octanol–water partition coefficient (Wildman–Crippen LogP) is 4.89. The fraction of sp³-hybridized carbons (Fsp3) is 0.500. The van der Waals surface area contributed by atoms with Gasteiger partial charge in [0.2, 0.25) is 5.12 Å². The molecule has 4 heteroatoms. The van der Waals surface area contributed by atoms with Gasteiger partial charge in [0.1, 0.15) is 5.38 Å². The van der Waals surface area contributed by atoms with Crippen LogP contribution in [0.25, 0.3) is 0 Å². The number of carbonyl (C=O) groups is 1. The first-order chi connectivity index (χ1) is 8.39. The largest absolute Gasteiger partial charge is 0.285 e. The molecule has 1 aromatic carbocycles. The molecule has 0 aromatic heterocycles. The van der Waals surface area contributed by atoms with Crippen molar-refractivity contribution in [2.75, 3.05) is 5.75 Å². The summed E-state index contributed by atoms with van der Waals surface area (Å²) in [6, 6.07) is 7.50. The van der Waals surface area contributed by atoms with Crippen LogP contribution in [0.3, 0.4) is 0 Å². The first kappa shape index (κ1) is 15.9. The molecule has 1 unspecified atom stereocenters. The number of halogens is 2. The summed E-state index contributed by atoms with van der Waals surface area (Å²) in [5, 5.41) is 0.195. The van der Waals surface area contributed by atoms with Crippen molar-refractivity contribution in [3.8, 4) is 0 Å². The van der Waals surface area contributed by atoms with Crippen molar-refractivity contribution < 1.29 is 4.79 Å². The molecule has 0 aliphatic heterocycles. The minimum Gasteiger partial charge on any atom is -0.285 e. The van der Waals surface area contributed by atoms with E-state index in [0.717, 1.165) is 17.7 Å². The lowest BCUT2D eigenvalue weighted by Crippen LogP contribution is -2.34. The van der Waals surface area contributed by atoms with Crippen LogP contribution in [-0.4, -0.2) is 16.2 Å². The second-order valence-electron chi connectivity index (χ2n) is 4.76. The summed E-state index contributed by atoms with van der Waals surface area (Å²) in [5.41, 5.74) is 0.626. The highest BCUT2D eigenvalue weighted by molar-refractivity contribution is 8.13. The fourth-order valence-corrected chi connectivity index (χ4v) is 2.88. The van der Waals surface area contributed by atoms with Gasteiger partial charge < -0.3 is 0 Å². The molecule has 0 aliphatic rings. The summed E-state index contributed by atoms with van der Waals surface area (Å²) < 4.78 is 0. The van der Waals surface area contributed by atoms with E-state index in [1.165, 1.54) is 11.8 Å². The Bertz CT molecular complexity index is 401. The summed E-state index contributed by atoms with van der Waals surface area (Å²) in [5.74, 6) is 0.818. The van der Waals surface area contributed by atoms with Crippen LogP contribution in [0.4, 0.5) is 0 Å². The maximum atomic E-state index is 12.0.